The van der Waals surface area contributed by atoms with Gasteiger partial charge in [-0.15, -0.1) is 0 Å². The van der Waals surface area contributed by atoms with E-state index in [0.29, 0.717) is 45.2 Å². The molecule has 0 saturated heterocycles. The van der Waals surface area contributed by atoms with Crippen molar-refractivity contribution in [2.45, 2.75) is 71.4 Å². The van der Waals surface area contributed by atoms with Gasteiger partial charge in [0, 0.05) is 19.0 Å². The number of hydrogen-bond donors (Lipinski definition) is 4. The van der Waals surface area contributed by atoms with Gasteiger partial charge in [-0.1, -0.05) is 13.8 Å². The summed E-state index contributed by atoms with van der Waals surface area (Å²) in [4.78, 5) is 35.6. The summed E-state index contributed by atoms with van der Waals surface area (Å²) in [5.41, 5.74) is 0. The summed E-state index contributed by atoms with van der Waals surface area (Å²) in [6.07, 6.45) is 4.54. The molecule has 2 amide bonds. The fourth-order valence-corrected chi connectivity index (χ4v) is 2.79. The lowest BCUT2D eigenvalue weighted by atomic mass is 10.1. The van der Waals surface area contributed by atoms with Gasteiger partial charge in [0.25, 0.3) is 0 Å². The molecule has 0 heterocycles. The summed E-state index contributed by atoms with van der Waals surface area (Å²) in [5, 5.41) is 12.1. The van der Waals surface area contributed by atoms with Gasteiger partial charge in [-0.25, -0.2) is 0 Å². The number of carbonyl (C=O) groups excluding carboxylic acids is 3. The van der Waals surface area contributed by atoms with Gasteiger partial charge >= 0.3 is 0 Å². The minimum atomic E-state index is -0.531. The lowest BCUT2D eigenvalue weighted by Crippen LogP contribution is -2.47. The average Bonchev–Trinajstić information content (AvgIpc) is 2.71. The first-order valence-corrected chi connectivity index (χ1v) is 11.5. The molecule has 1 atom stereocenters. The molecule has 9 heteroatoms. The molecule has 0 bridgehead atoms. The van der Waals surface area contributed by atoms with E-state index in [2.05, 4.69) is 35.1 Å². The standard InChI is InChI=1S/C22H44N4O5/c1-18(2)24-12-8-6-10-21(28)26-20(9-5-7-11-23-4)22(29)25-13-14-30-15-16-31-17-19(3)27/h18,20,23-24H,5-17H2,1-4H3,(H,25,29)(H,26,28)/t20-/m0/s1. The molecule has 0 spiro atoms. The number of nitrogens with one attached hydrogen (secondary N) is 4. The van der Waals surface area contributed by atoms with Crippen molar-refractivity contribution in [3.05, 3.63) is 0 Å². The Morgan fingerprint density at radius 1 is 0.871 bits per heavy atom. The van der Waals surface area contributed by atoms with Crippen LogP contribution in [0.25, 0.3) is 0 Å². The number of unbranched alkanes of at least 4 members (excludes halogenated alkanes) is 2. The fraction of sp³-hybridized carbons (Fsp3) is 0.864. The van der Waals surface area contributed by atoms with Crippen LogP contribution >= 0.6 is 0 Å². The second kappa shape index (κ2) is 20.4. The zero-order chi connectivity index (χ0) is 23.3. The summed E-state index contributed by atoms with van der Waals surface area (Å²) in [5.74, 6) is -0.296. The van der Waals surface area contributed by atoms with Crippen molar-refractivity contribution in [3.63, 3.8) is 0 Å². The molecular formula is C22H44N4O5. The first-order chi connectivity index (χ1) is 14.9. The molecule has 9 nitrogen and oxygen atoms in total. The molecule has 0 aliphatic heterocycles. The monoisotopic (exact) mass is 444 g/mol. The molecular weight excluding hydrogens is 400 g/mol. The number of ketones is 1. The van der Waals surface area contributed by atoms with E-state index in [1.807, 2.05) is 7.05 Å². The molecule has 182 valence electrons. The second-order valence-electron chi connectivity index (χ2n) is 7.94. The molecule has 0 aliphatic rings. The van der Waals surface area contributed by atoms with E-state index in [1.54, 1.807) is 0 Å². The Balaban J connectivity index is 4.18. The van der Waals surface area contributed by atoms with Gasteiger partial charge in [-0.2, -0.15) is 0 Å². The van der Waals surface area contributed by atoms with E-state index in [-0.39, 0.29) is 24.2 Å². The Hall–Kier alpha value is -1.55. The van der Waals surface area contributed by atoms with E-state index < -0.39 is 6.04 Å². The number of Topliss-reactive ketones (excluding diaryl/α,β-unsaturated/α-hetero) is 1. The van der Waals surface area contributed by atoms with Crippen LogP contribution in [0.5, 0.6) is 0 Å². The number of amides is 2. The highest BCUT2D eigenvalue weighted by Gasteiger charge is 2.19. The minimum Gasteiger partial charge on any atom is -0.377 e. The van der Waals surface area contributed by atoms with Crippen molar-refractivity contribution >= 4 is 17.6 Å². The maximum atomic E-state index is 12.5. The lowest BCUT2D eigenvalue weighted by Gasteiger charge is -2.19. The Labute approximate surface area is 187 Å². The summed E-state index contributed by atoms with van der Waals surface area (Å²) in [7, 11) is 1.89. The Bertz CT molecular complexity index is 489. The van der Waals surface area contributed by atoms with Crippen LogP contribution in [-0.2, 0) is 23.9 Å². The zero-order valence-electron chi connectivity index (χ0n) is 19.9. The Morgan fingerprint density at radius 2 is 1.58 bits per heavy atom. The highest BCUT2D eigenvalue weighted by atomic mass is 16.5. The second-order valence-corrected chi connectivity index (χ2v) is 7.94. The molecule has 0 aromatic carbocycles. The van der Waals surface area contributed by atoms with E-state index >= 15 is 0 Å². The molecule has 31 heavy (non-hydrogen) atoms. The molecule has 0 saturated carbocycles. The molecule has 0 aromatic heterocycles. The van der Waals surface area contributed by atoms with Gasteiger partial charge in [-0.3, -0.25) is 14.4 Å². The predicted molar refractivity (Wildman–Crippen MR) is 122 cm³/mol. The third kappa shape index (κ3) is 20.1. The van der Waals surface area contributed by atoms with Gasteiger partial charge in [0.05, 0.1) is 19.8 Å². The van der Waals surface area contributed by atoms with Gasteiger partial charge in [0.1, 0.15) is 12.6 Å². The topological polar surface area (TPSA) is 118 Å². The maximum Gasteiger partial charge on any atom is 0.242 e. The van der Waals surface area contributed by atoms with Crippen molar-refractivity contribution in [1.82, 2.24) is 21.3 Å². The van der Waals surface area contributed by atoms with Crippen LogP contribution in [-0.4, -0.2) is 82.8 Å². The normalized spacial score (nSPS) is 12.0. The molecule has 0 rings (SSSR count). The highest BCUT2D eigenvalue weighted by molar-refractivity contribution is 5.87. The SMILES string of the molecule is CNCCCC[C@H](NC(=O)CCCCNC(C)C)C(=O)NCCOCCOCC(C)=O. The van der Waals surface area contributed by atoms with E-state index in [9.17, 15) is 14.4 Å². The van der Waals surface area contributed by atoms with Crippen molar-refractivity contribution in [3.8, 4) is 0 Å². The van der Waals surface area contributed by atoms with Crippen molar-refractivity contribution in [1.29, 1.82) is 0 Å². The van der Waals surface area contributed by atoms with Crippen LogP contribution in [0.3, 0.4) is 0 Å². The lowest BCUT2D eigenvalue weighted by molar-refractivity contribution is -0.129. The predicted octanol–water partition coefficient (Wildman–Crippen LogP) is 0.768. The van der Waals surface area contributed by atoms with Crippen molar-refractivity contribution in [2.75, 3.05) is 53.1 Å². The van der Waals surface area contributed by atoms with Crippen molar-refractivity contribution < 1.29 is 23.9 Å². The maximum absolute atomic E-state index is 12.5. The third-order valence-electron chi connectivity index (χ3n) is 4.43. The molecule has 0 unspecified atom stereocenters. The van der Waals surface area contributed by atoms with Crippen LogP contribution in [0.1, 0.15) is 59.3 Å². The quantitative estimate of drug-likeness (QED) is 0.193. The summed E-state index contributed by atoms with van der Waals surface area (Å²) < 4.78 is 10.5. The Kier molecular flexibility index (Phi) is 19.3. The smallest absolute Gasteiger partial charge is 0.242 e. The summed E-state index contributed by atoms with van der Waals surface area (Å²) in [6.45, 7) is 8.91. The fourth-order valence-electron chi connectivity index (χ4n) is 2.79. The van der Waals surface area contributed by atoms with E-state index in [4.69, 9.17) is 9.47 Å². The number of ether oxygens (including phenoxy) is 2. The highest BCUT2D eigenvalue weighted by Crippen LogP contribution is 2.03. The van der Waals surface area contributed by atoms with Crippen molar-refractivity contribution in [2.24, 2.45) is 0 Å². The first kappa shape index (κ1) is 29.5. The van der Waals surface area contributed by atoms with Gasteiger partial charge < -0.3 is 30.7 Å². The van der Waals surface area contributed by atoms with Crippen LogP contribution in [0, 0.1) is 0 Å². The van der Waals surface area contributed by atoms with E-state index in [1.165, 1.54) is 6.92 Å². The molecule has 0 fully saturated rings. The first-order valence-electron chi connectivity index (χ1n) is 11.5. The molecule has 0 aliphatic carbocycles. The van der Waals surface area contributed by atoms with Gasteiger partial charge in [0.2, 0.25) is 11.8 Å². The molecule has 0 radical (unpaired) electrons. The average molecular weight is 445 g/mol. The number of hydrogen-bond acceptors (Lipinski definition) is 7. The number of carbonyl (C=O) groups is 3. The van der Waals surface area contributed by atoms with Crippen LogP contribution in [0.15, 0.2) is 0 Å². The van der Waals surface area contributed by atoms with Gasteiger partial charge in [-0.05, 0) is 59.2 Å². The Morgan fingerprint density at radius 3 is 2.26 bits per heavy atom. The van der Waals surface area contributed by atoms with Crippen LogP contribution in [0.2, 0.25) is 0 Å². The van der Waals surface area contributed by atoms with Crippen LogP contribution < -0.4 is 21.3 Å². The van der Waals surface area contributed by atoms with Crippen LogP contribution in [0.4, 0.5) is 0 Å². The van der Waals surface area contributed by atoms with E-state index in [0.717, 1.165) is 38.8 Å². The number of rotatable bonds is 21. The molecule has 4 N–H and O–H groups in total. The minimum absolute atomic E-state index is 0.0257. The molecule has 0 aromatic rings. The largest absolute Gasteiger partial charge is 0.377 e. The third-order valence-corrected chi connectivity index (χ3v) is 4.43. The summed E-state index contributed by atoms with van der Waals surface area (Å²) >= 11 is 0. The summed E-state index contributed by atoms with van der Waals surface area (Å²) in [6, 6.07) is -0.0893. The zero-order valence-corrected chi connectivity index (χ0v) is 19.9. The van der Waals surface area contributed by atoms with Gasteiger partial charge in [0.15, 0.2) is 5.78 Å².